The molecule has 0 fully saturated rings. The number of benzene rings is 1. The van der Waals surface area contributed by atoms with Gasteiger partial charge in [-0.2, -0.15) is 0 Å². The van der Waals surface area contributed by atoms with Crippen molar-refractivity contribution >= 4 is 19.2 Å². The summed E-state index contributed by atoms with van der Waals surface area (Å²) in [4.78, 5) is 11.3. The number of rotatable bonds is 8. The molecule has 0 N–H and O–H groups in total. The number of carbonyl (C=O) groups is 1. The van der Waals surface area contributed by atoms with Crippen molar-refractivity contribution < 1.29 is 9.53 Å². The fourth-order valence-corrected chi connectivity index (χ4v) is 5.46. The molecule has 0 heterocycles. The number of ether oxygens (including phenoxy) is 1. The van der Waals surface area contributed by atoms with E-state index in [1.54, 1.807) is 0 Å². The molecule has 21 heavy (non-hydrogen) atoms. The van der Waals surface area contributed by atoms with Crippen molar-refractivity contribution in [2.45, 2.75) is 38.4 Å². The summed E-state index contributed by atoms with van der Waals surface area (Å²) in [5.41, 5.74) is 0.492. The first kappa shape index (κ1) is 17.4. The van der Waals surface area contributed by atoms with Gasteiger partial charge < -0.3 is 4.74 Å². The van der Waals surface area contributed by atoms with Crippen molar-refractivity contribution in [3.8, 4) is 0 Å². The molecule has 1 unspecified atom stereocenters. The van der Waals surface area contributed by atoms with Crippen molar-refractivity contribution in [2.75, 3.05) is 6.61 Å². The van der Waals surface area contributed by atoms with Gasteiger partial charge in [-0.25, -0.2) is 4.79 Å². The minimum absolute atomic E-state index is 0.257. The summed E-state index contributed by atoms with van der Waals surface area (Å²) in [7, 11) is -1.57. The molecule has 1 aromatic carbocycles. The second kappa shape index (κ2) is 8.62. The third-order valence-electron chi connectivity index (χ3n) is 3.91. The second-order valence-corrected chi connectivity index (χ2v) is 10.4. The van der Waals surface area contributed by atoms with Crippen LogP contribution in [0, 0.1) is 0 Å². The lowest BCUT2D eigenvalue weighted by Gasteiger charge is -2.30. The van der Waals surface area contributed by atoms with Crippen LogP contribution in [0.1, 0.15) is 19.8 Å². The van der Waals surface area contributed by atoms with E-state index in [0.29, 0.717) is 12.1 Å². The molecule has 0 aliphatic rings. The Balaban J connectivity index is 2.63. The molecule has 0 spiro atoms. The highest BCUT2D eigenvalue weighted by molar-refractivity contribution is 6.91. The van der Waals surface area contributed by atoms with Gasteiger partial charge in [0.05, 0.1) is 14.7 Å². The molecule has 0 amide bonds. The second-order valence-electron chi connectivity index (χ2n) is 5.66. The van der Waals surface area contributed by atoms with Gasteiger partial charge in [0.1, 0.15) is 0 Å². The molecular weight excluding hydrogens is 276 g/mol. The first-order valence-electron chi connectivity index (χ1n) is 7.53. The predicted octanol–water partition coefficient (Wildman–Crippen LogP) is 4.06. The van der Waals surface area contributed by atoms with Gasteiger partial charge in [0.2, 0.25) is 0 Å². The van der Waals surface area contributed by atoms with Crippen LogP contribution >= 0.6 is 0 Å². The Labute approximate surface area is 129 Å². The van der Waals surface area contributed by atoms with Gasteiger partial charge >= 0.3 is 5.97 Å². The normalized spacial score (nSPS) is 13.1. The van der Waals surface area contributed by atoms with Crippen LogP contribution in [0.5, 0.6) is 0 Å². The van der Waals surface area contributed by atoms with Crippen molar-refractivity contribution in [2.24, 2.45) is 0 Å². The molecule has 1 atom stereocenters. The largest absolute Gasteiger partial charge is 0.463 e. The Morgan fingerprint density at radius 3 is 2.57 bits per heavy atom. The van der Waals surface area contributed by atoms with E-state index < -0.39 is 8.07 Å². The molecule has 114 valence electrons. The maximum absolute atomic E-state index is 11.3. The summed E-state index contributed by atoms with van der Waals surface area (Å²) in [6.45, 7) is 11.0. The van der Waals surface area contributed by atoms with Crippen LogP contribution in [0.25, 0.3) is 0 Å². The summed E-state index contributed by atoms with van der Waals surface area (Å²) < 4.78 is 4.87. The van der Waals surface area contributed by atoms with Crippen LogP contribution < -0.4 is 5.19 Å². The topological polar surface area (TPSA) is 26.3 Å². The van der Waals surface area contributed by atoms with Crippen LogP contribution in [-0.2, 0) is 9.53 Å². The van der Waals surface area contributed by atoms with Crippen molar-refractivity contribution in [1.82, 2.24) is 0 Å². The van der Waals surface area contributed by atoms with E-state index in [2.05, 4.69) is 56.1 Å². The third kappa shape index (κ3) is 5.35. The molecular formula is C18H26O2Si. The van der Waals surface area contributed by atoms with E-state index in [9.17, 15) is 4.79 Å². The van der Waals surface area contributed by atoms with Gasteiger partial charge in [-0.05, 0) is 25.3 Å². The number of carbonyl (C=O) groups excluding carboxylic acids is 1. The lowest BCUT2D eigenvalue weighted by Crippen LogP contribution is -2.45. The Hall–Kier alpha value is -1.61. The molecule has 0 bridgehead atoms. The third-order valence-corrected chi connectivity index (χ3v) is 8.11. The number of esters is 1. The van der Waals surface area contributed by atoms with Crippen LogP contribution in [0.2, 0.25) is 18.6 Å². The van der Waals surface area contributed by atoms with Crippen LogP contribution in [0.15, 0.2) is 55.1 Å². The molecule has 0 radical (unpaired) electrons. The highest BCUT2D eigenvalue weighted by atomic mass is 28.3. The zero-order valence-corrected chi connectivity index (χ0v) is 14.3. The lowest BCUT2D eigenvalue weighted by molar-refractivity contribution is -0.137. The average molecular weight is 302 g/mol. The number of allylic oxidation sites excluding steroid dienone is 2. The predicted molar refractivity (Wildman–Crippen MR) is 92.5 cm³/mol. The zero-order valence-electron chi connectivity index (χ0n) is 13.3. The number of hydrogen-bond donors (Lipinski definition) is 0. The van der Waals surface area contributed by atoms with Gasteiger partial charge in [0.15, 0.2) is 0 Å². The molecule has 1 rings (SSSR count). The minimum atomic E-state index is -1.57. The van der Waals surface area contributed by atoms with E-state index in [0.717, 1.165) is 12.8 Å². The van der Waals surface area contributed by atoms with Crippen molar-refractivity contribution in [1.29, 1.82) is 0 Å². The van der Waals surface area contributed by atoms with E-state index in [1.165, 1.54) is 11.3 Å². The fraction of sp³-hybridized carbons (Fsp3) is 0.389. The van der Waals surface area contributed by atoms with Crippen LogP contribution in [-0.4, -0.2) is 20.7 Å². The lowest BCUT2D eigenvalue weighted by atomic mass is 10.2. The van der Waals surface area contributed by atoms with Gasteiger partial charge in [-0.15, -0.1) is 6.58 Å². The first-order valence-corrected chi connectivity index (χ1v) is 10.6. The number of hydrogen-bond acceptors (Lipinski definition) is 2. The maximum Gasteiger partial charge on any atom is 0.330 e. The molecule has 0 saturated heterocycles. The zero-order chi connectivity index (χ0) is 15.7. The molecule has 3 heteroatoms. The standard InChI is InChI=1S/C18H26O2Si/c1-5-16(12-10-11-15-18(19)20-6-2)21(3,4)17-13-8-7-9-14-17/h5,7-9,11,13-16H,1,6,10,12H2,2-4H3/b15-11+. The van der Waals surface area contributed by atoms with E-state index >= 15 is 0 Å². The monoisotopic (exact) mass is 302 g/mol. The molecule has 0 aliphatic heterocycles. The van der Waals surface area contributed by atoms with Gasteiger partial charge in [-0.1, -0.05) is 60.8 Å². The summed E-state index contributed by atoms with van der Waals surface area (Å²) in [5, 5.41) is 1.45. The van der Waals surface area contributed by atoms with E-state index in [-0.39, 0.29) is 5.97 Å². The fourth-order valence-electron chi connectivity index (χ4n) is 2.50. The Morgan fingerprint density at radius 2 is 2.00 bits per heavy atom. The maximum atomic E-state index is 11.3. The van der Waals surface area contributed by atoms with E-state index in [1.807, 2.05) is 13.0 Å². The summed E-state index contributed by atoms with van der Waals surface area (Å²) in [6.07, 6.45) is 7.41. The molecule has 0 aromatic heterocycles. The smallest absolute Gasteiger partial charge is 0.330 e. The molecule has 2 nitrogen and oxygen atoms in total. The Bertz CT molecular complexity index is 477. The summed E-state index contributed by atoms with van der Waals surface area (Å²) >= 11 is 0. The van der Waals surface area contributed by atoms with Gasteiger partial charge in [0.25, 0.3) is 0 Å². The molecule has 0 aliphatic carbocycles. The van der Waals surface area contributed by atoms with Crippen LogP contribution in [0.3, 0.4) is 0 Å². The van der Waals surface area contributed by atoms with Gasteiger partial charge in [0, 0.05) is 6.08 Å². The average Bonchev–Trinajstić information content (AvgIpc) is 2.48. The minimum Gasteiger partial charge on any atom is -0.463 e. The quantitative estimate of drug-likeness (QED) is 0.313. The van der Waals surface area contributed by atoms with Crippen molar-refractivity contribution in [3.05, 3.63) is 55.1 Å². The Kier molecular flexibility index (Phi) is 7.16. The first-order chi connectivity index (χ1) is 10.0. The molecule has 0 saturated carbocycles. The Morgan fingerprint density at radius 1 is 1.33 bits per heavy atom. The summed E-state index contributed by atoms with van der Waals surface area (Å²) in [6, 6.07) is 10.7. The van der Waals surface area contributed by atoms with Crippen molar-refractivity contribution in [3.63, 3.8) is 0 Å². The van der Waals surface area contributed by atoms with Crippen LogP contribution in [0.4, 0.5) is 0 Å². The van der Waals surface area contributed by atoms with Gasteiger partial charge in [-0.3, -0.25) is 0 Å². The summed E-state index contributed by atoms with van der Waals surface area (Å²) in [5.74, 6) is -0.257. The SMILES string of the molecule is C=CC(CC/C=C/C(=O)OCC)[Si](C)(C)c1ccccc1. The highest BCUT2D eigenvalue weighted by Crippen LogP contribution is 2.28. The van der Waals surface area contributed by atoms with E-state index in [4.69, 9.17) is 4.74 Å². The molecule has 1 aromatic rings. The highest BCUT2D eigenvalue weighted by Gasteiger charge is 2.30.